The van der Waals surface area contributed by atoms with E-state index in [1.807, 2.05) is 146 Å². The number of hydrogen-bond donors (Lipinski definition) is 2. The second-order valence-corrected chi connectivity index (χ2v) is 15.7. The monoisotopic (exact) mass is 888 g/mol. The third kappa shape index (κ3) is 12.0. The third-order valence-electron chi connectivity index (χ3n) is 11.5. The Morgan fingerprint density at radius 3 is 0.985 bits per heavy atom. The van der Waals surface area contributed by atoms with Gasteiger partial charge in [-0.3, -0.25) is 28.8 Å². The molecule has 4 amide bonds. The van der Waals surface area contributed by atoms with Crippen LogP contribution in [0, 0.1) is 0 Å². The molecule has 6 rings (SSSR count). The summed E-state index contributed by atoms with van der Waals surface area (Å²) in [5.41, 5.74) is 3.14. The van der Waals surface area contributed by atoms with Gasteiger partial charge in [0, 0.05) is 39.3 Å². The summed E-state index contributed by atoms with van der Waals surface area (Å²) in [6, 6.07) is 52.6. The van der Waals surface area contributed by atoms with E-state index in [9.17, 15) is 28.8 Å². The number of nitrogens with zero attached hydrogens (tertiary/aromatic N) is 2. The molecule has 12 nitrogen and oxygen atoms in total. The normalized spacial score (nSPS) is 12.5. The molecule has 2 N–H and O–H groups in total. The zero-order valence-electron chi connectivity index (χ0n) is 38.2. The molecule has 2 atom stereocenters. The number of amides is 4. The van der Waals surface area contributed by atoms with Gasteiger partial charge in [0.1, 0.15) is 13.2 Å². The highest BCUT2D eigenvalue weighted by atomic mass is 16.5. The average molecular weight is 889 g/mol. The van der Waals surface area contributed by atoms with E-state index in [1.54, 1.807) is 24.3 Å². The number of Topliss-reactive ketones (excluding diaryl/α,β-unsaturated/α-hetero) is 2. The first-order valence-corrected chi connectivity index (χ1v) is 21.4. The van der Waals surface area contributed by atoms with Gasteiger partial charge in [-0.25, -0.2) is 0 Å². The first-order chi connectivity index (χ1) is 31.7. The maximum absolute atomic E-state index is 13.2. The average Bonchev–Trinajstić information content (AvgIpc) is 3.38. The quantitative estimate of drug-likeness (QED) is 0.0847. The van der Waals surface area contributed by atoms with E-state index in [0.29, 0.717) is 11.1 Å². The largest absolute Gasteiger partial charge is 0.369 e. The Balaban J connectivity index is 0.000000247. The van der Waals surface area contributed by atoms with Crippen LogP contribution in [-0.2, 0) is 41.9 Å². The fraction of sp³-hybridized carbons (Fsp3) is 0.222. The summed E-state index contributed by atoms with van der Waals surface area (Å²) in [4.78, 5) is 80.5. The fourth-order valence-corrected chi connectivity index (χ4v) is 7.04. The molecule has 0 heterocycles. The van der Waals surface area contributed by atoms with Crippen molar-refractivity contribution in [1.82, 2.24) is 20.4 Å². The van der Waals surface area contributed by atoms with Crippen molar-refractivity contribution in [2.45, 2.75) is 38.1 Å². The van der Waals surface area contributed by atoms with Gasteiger partial charge in [0.25, 0.3) is 23.6 Å². The fourth-order valence-electron chi connectivity index (χ4n) is 7.04. The van der Waals surface area contributed by atoms with Crippen LogP contribution in [0.3, 0.4) is 0 Å². The van der Waals surface area contributed by atoms with Crippen LogP contribution in [0.1, 0.15) is 45.7 Å². The standard InChI is InChI=1S/2C27H28N2O4/c2*1-27(26(32)28-2,24(30)19-33-18-20-10-6-4-7-11-20)29(3)25(31)23-16-14-22(15-17-23)21-12-8-5-9-13-21/h2*4-17H,18-19H2,1-3H3,(H,28,32)/t27-;/m1./s1. The molecule has 0 spiro atoms. The Labute approximate surface area is 386 Å². The Kier molecular flexibility index (Phi) is 17.5. The van der Waals surface area contributed by atoms with Crippen molar-refractivity contribution in [1.29, 1.82) is 0 Å². The molecular formula is C54H56N4O8. The number of carbonyl (C=O) groups is 6. The first kappa shape index (κ1) is 49.5. The summed E-state index contributed by atoms with van der Waals surface area (Å²) in [5, 5.41) is 5.01. The number of likely N-dealkylation sites (N-methyl/N-ethyl adjacent to an activating group) is 4. The molecule has 0 aliphatic heterocycles. The molecule has 0 radical (unpaired) electrons. The summed E-state index contributed by atoms with van der Waals surface area (Å²) >= 11 is 0. The van der Waals surface area contributed by atoms with E-state index >= 15 is 0 Å². The van der Waals surface area contributed by atoms with Gasteiger partial charge >= 0.3 is 0 Å². The summed E-state index contributed by atoms with van der Waals surface area (Å²) in [6.45, 7) is 2.74. The van der Waals surface area contributed by atoms with Crippen molar-refractivity contribution in [3.05, 3.63) is 192 Å². The molecule has 0 saturated heterocycles. The van der Waals surface area contributed by atoms with Gasteiger partial charge in [-0.2, -0.15) is 0 Å². The lowest BCUT2D eigenvalue weighted by molar-refractivity contribution is -0.145. The van der Waals surface area contributed by atoms with Crippen LogP contribution < -0.4 is 10.6 Å². The van der Waals surface area contributed by atoms with Crippen LogP contribution >= 0.6 is 0 Å². The molecule has 66 heavy (non-hydrogen) atoms. The van der Waals surface area contributed by atoms with Crippen molar-refractivity contribution in [3.8, 4) is 22.3 Å². The topological polar surface area (TPSA) is 151 Å². The maximum Gasteiger partial charge on any atom is 0.254 e. The highest BCUT2D eigenvalue weighted by Crippen LogP contribution is 2.25. The molecule has 0 bridgehead atoms. The van der Waals surface area contributed by atoms with Crippen molar-refractivity contribution in [2.24, 2.45) is 0 Å². The number of ketones is 2. The second-order valence-electron chi connectivity index (χ2n) is 15.7. The van der Waals surface area contributed by atoms with E-state index in [0.717, 1.165) is 33.4 Å². The first-order valence-electron chi connectivity index (χ1n) is 21.4. The van der Waals surface area contributed by atoms with Gasteiger partial charge in [-0.1, -0.05) is 146 Å². The van der Waals surface area contributed by atoms with Gasteiger partial charge in [0.05, 0.1) is 13.2 Å². The minimum Gasteiger partial charge on any atom is -0.369 e. The van der Waals surface area contributed by atoms with Gasteiger partial charge in [0.15, 0.2) is 22.6 Å². The summed E-state index contributed by atoms with van der Waals surface area (Å²) in [6.07, 6.45) is 0. The van der Waals surface area contributed by atoms with Crippen LogP contribution in [-0.4, -0.2) is 97.5 Å². The minimum atomic E-state index is -1.72. The lowest BCUT2D eigenvalue weighted by Gasteiger charge is -2.35. The van der Waals surface area contributed by atoms with Crippen LogP contribution in [0.2, 0.25) is 0 Å². The minimum absolute atomic E-state index is 0.231. The van der Waals surface area contributed by atoms with Crippen LogP contribution in [0.15, 0.2) is 170 Å². The van der Waals surface area contributed by atoms with Gasteiger partial charge in [-0.05, 0) is 71.5 Å². The Morgan fingerprint density at radius 2 is 0.697 bits per heavy atom. The van der Waals surface area contributed by atoms with Gasteiger partial charge in [0.2, 0.25) is 0 Å². The van der Waals surface area contributed by atoms with Crippen LogP contribution in [0.5, 0.6) is 0 Å². The summed E-state index contributed by atoms with van der Waals surface area (Å²) < 4.78 is 11.1. The molecule has 6 aromatic carbocycles. The van der Waals surface area contributed by atoms with E-state index in [4.69, 9.17) is 9.47 Å². The van der Waals surface area contributed by atoms with Crippen molar-refractivity contribution in [3.63, 3.8) is 0 Å². The molecule has 0 saturated carbocycles. The van der Waals surface area contributed by atoms with E-state index in [-0.39, 0.29) is 26.4 Å². The predicted octanol–water partition coefficient (Wildman–Crippen LogP) is 7.43. The molecule has 6 aromatic rings. The molecule has 0 aliphatic carbocycles. The molecule has 0 aromatic heterocycles. The molecule has 12 heteroatoms. The number of benzene rings is 6. The van der Waals surface area contributed by atoms with Gasteiger partial charge < -0.3 is 29.9 Å². The zero-order valence-corrected chi connectivity index (χ0v) is 38.2. The third-order valence-corrected chi connectivity index (χ3v) is 11.5. The molecular weight excluding hydrogens is 833 g/mol. The van der Waals surface area contributed by atoms with Gasteiger partial charge in [-0.15, -0.1) is 0 Å². The number of carbonyl (C=O) groups excluding carboxylic acids is 6. The molecule has 0 aliphatic rings. The number of rotatable bonds is 18. The Bertz CT molecular complexity index is 2380. The highest BCUT2D eigenvalue weighted by Gasteiger charge is 2.47. The molecule has 340 valence electrons. The number of ether oxygens (including phenoxy) is 2. The number of hydrogen-bond acceptors (Lipinski definition) is 8. The molecule has 1 unspecified atom stereocenters. The molecule has 0 fully saturated rings. The van der Waals surface area contributed by atoms with E-state index < -0.39 is 46.3 Å². The summed E-state index contributed by atoms with van der Waals surface area (Å²) in [7, 11) is 5.78. The van der Waals surface area contributed by atoms with E-state index in [2.05, 4.69) is 10.6 Å². The van der Waals surface area contributed by atoms with Crippen molar-refractivity contribution in [2.75, 3.05) is 41.4 Å². The second kappa shape index (κ2) is 23.4. The highest BCUT2D eigenvalue weighted by molar-refractivity contribution is 6.15. The SMILES string of the molecule is CNC(=O)C(C)(C(=O)COCc1ccccc1)N(C)C(=O)c1ccc(-c2ccccc2)cc1.CNC(=O)[C@@](C)(C(=O)COCc1ccccc1)N(C)C(=O)c1ccc(-c2ccccc2)cc1. The van der Waals surface area contributed by atoms with E-state index in [1.165, 1.54) is 51.8 Å². The predicted molar refractivity (Wildman–Crippen MR) is 255 cm³/mol. The Morgan fingerprint density at radius 1 is 0.424 bits per heavy atom. The summed E-state index contributed by atoms with van der Waals surface area (Å²) in [5.74, 6) is -3.03. The van der Waals surface area contributed by atoms with Crippen molar-refractivity contribution < 1.29 is 38.2 Å². The smallest absolute Gasteiger partial charge is 0.254 e. The lowest BCUT2D eigenvalue weighted by atomic mass is 9.92. The Hall–Kier alpha value is -7.54. The van der Waals surface area contributed by atoms with Crippen LogP contribution in [0.4, 0.5) is 0 Å². The van der Waals surface area contributed by atoms with Crippen LogP contribution in [0.25, 0.3) is 22.3 Å². The number of nitrogens with one attached hydrogen (secondary N) is 2. The zero-order chi connectivity index (χ0) is 47.7. The maximum atomic E-state index is 13.2. The van der Waals surface area contributed by atoms with Crippen molar-refractivity contribution >= 4 is 35.2 Å². The lowest BCUT2D eigenvalue weighted by Crippen LogP contribution is -2.62.